The van der Waals surface area contributed by atoms with Gasteiger partial charge in [-0.05, 0) is 98.2 Å². The first-order valence-corrected chi connectivity index (χ1v) is 21.6. The molecule has 0 radical (unpaired) electrons. The largest absolute Gasteiger partial charge is 0.309 e. The van der Waals surface area contributed by atoms with Crippen molar-refractivity contribution in [1.29, 1.82) is 0 Å². The third-order valence-electron chi connectivity index (χ3n) is 12.5. The molecule has 7 rings (SSSR count). The number of thiophene rings is 4. The zero-order valence-corrected chi connectivity index (χ0v) is 35.4. The summed E-state index contributed by atoms with van der Waals surface area (Å²) in [6, 6.07) is 13.3. The molecule has 1 aliphatic rings. The van der Waals surface area contributed by atoms with Gasteiger partial charge in [0, 0.05) is 69.4 Å². The summed E-state index contributed by atoms with van der Waals surface area (Å²) in [5.41, 5.74) is 8.07. The second-order valence-corrected chi connectivity index (χ2v) is 19.9. The summed E-state index contributed by atoms with van der Waals surface area (Å²) in [6.07, 6.45) is 4.36. The normalized spacial score (nSPS) is 14.1. The van der Waals surface area contributed by atoms with Crippen LogP contribution in [-0.2, 0) is 30.3 Å². The molecule has 0 saturated carbocycles. The lowest BCUT2D eigenvalue weighted by molar-refractivity contribution is 0.447. The van der Waals surface area contributed by atoms with Crippen LogP contribution in [0, 0.1) is 13.8 Å². The van der Waals surface area contributed by atoms with E-state index in [2.05, 4.69) is 93.5 Å². The summed E-state index contributed by atoms with van der Waals surface area (Å²) < 4.78 is 3.47. The van der Waals surface area contributed by atoms with Crippen molar-refractivity contribution in [3.05, 3.63) is 89.1 Å². The summed E-state index contributed by atoms with van der Waals surface area (Å²) in [4.78, 5) is 38.2. The van der Waals surface area contributed by atoms with Crippen LogP contribution in [-0.4, -0.2) is 9.13 Å². The van der Waals surface area contributed by atoms with Gasteiger partial charge in [0.05, 0.1) is 22.2 Å². The molecule has 0 aliphatic heterocycles. The van der Waals surface area contributed by atoms with Crippen molar-refractivity contribution >= 4 is 56.4 Å². The van der Waals surface area contributed by atoms with Crippen LogP contribution in [0.15, 0.2) is 46.0 Å². The molecule has 51 heavy (non-hydrogen) atoms. The first kappa shape index (κ1) is 36.3. The number of hydrogen-bond donors (Lipinski definition) is 0. The minimum atomic E-state index is -0.0443. The van der Waals surface area contributed by atoms with E-state index in [0.29, 0.717) is 11.1 Å². The van der Waals surface area contributed by atoms with Crippen LogP contribution < -0.4 is 11.1 Å². The molecule has 1 aliphatic carbocycles. The van der Waals surface area contributed by atoms with Gasteiger partial charge in [0.1, 0.15) is 0 Å². The van der Waals surface area contributed by atoms with Crippen LogP contribution in [0.1, 0.15) is 113 Å². The lowest BCUT2D eigenvalue weighted by Crippen LogP contribution is -2.25. The number of aromatic nitrogens is 2. The van der Waals surface area contributed by atoms with Gasteiger partial charge in [-0.25, -0.2) is 0 Å². The fraction of sp³-hybridized carbons (Fsp3) is 0.442. The van der Waals surface area contributed by atoms with Gasteiger partial charge in [0.25, 0.3) is 11.1 Å². The van der Waals surface area contributed by atoms with Gasteiger partial charge < -0.3 is 9.13 Å². The summed E-state index contributed by atoms with van der Waals surface area (Å²) >= 11 is 7.29. The monoisotopic (exact) mass is 754 g/mol. The van der Waals surface area contributed by atoms with Crippen molar-refractivity contribution in [2.24, 2.45) is 14.1 Å². The summed E-state index contributed by atoms with van der Waals surface area (Å²) in [6.45, 7) is 22.7. The quantitative estimate of drug-likeness (QED) is 0.148. The molecular weight excluding hydrogens is 705 g/mol. The van der Waals surface area contributed by atoms with Gasteiger partial charge in [0.15, 0.2) is 0 Å². The van der Waals surface area contributed by atoms with Crippen molar-refractivity contribution in [2.75, 3.05) is 0 Å². The van der Waals surface area contributed by atoms with E-state index in [1.165, 1.54) is 40.4 Å². The molecule has 0 N–H and O–H groups in total. The average Bonchev–Trinajstić information content (AvgIpc) is 3.94. The SMILES string of the molecule is CCC(C)(CC)c1cc(C)c(-c2cc3c(cc(-c4sc(-c5cc6c(s5)-c5sc(C(C)(CC)CC)cc5C6(C)C)cc4C)c(=O)n3C)n(C)c2=O)s1. The molecule has 0 unspecified atom stereocenters. The number of rotatable bonds is 9. The Bertz CT molecular complexity index is 2460. The van der Waals surface area contributed by atoms with E-state index in [4.69, 9.17) is 0 Å². The Morgan fingerprint density at radius 1 is 0.569 bits per heavy atom. The maximum Gasteiger partial charge on any atom is 0.259 e. The highest BCUT2D eigenvalue weighted by Crippen LogP contribution is 2.59. The topological polar surface area (TPSA) is 44.0 Å². The predicted molar refractivity (Wildman–Crippen MR) is 225 cm³/mol. The smallest absolute Gasteiger partial charge is 0.259 e. The lowest BCUT2D eigenvalue weighted by Gasteiger charge is -2.26. The number of fused-ring (bicyclic) bond motifs is 4. The number of hydrogen-bond acceptors (Lipinski definition) is 6. The lowest BCUT2D eigenvalue weighted by atomic mass is 9.80. The summed E-state index contributed by atoms with van der Waals surface area (Å²) in [5.74, 6) is 0. The third kappa shape index (κ3) is 5.37. The molecule has 0 spiro atoms. The van der Waals surface area contributed by atoms with E-state index in [1.54, 1.807) is 31.8 Å². The minimum absolute atomic E-state index is 0.0353. The molecule has 268 valence electrons. The van der Waals surface area contributed by atoms with Crippen molar-refractivity contribution in [3.8, 4) is 40.4 Å². The van der Waals surface area contributed by atoms with Gasteiger partial charge in [-0.1, -0.05) is 55.4 Å². The van der Waals surface area contributed by atoms with Gasteiger partial charge in [-0.2, -0.15) is 0 Å². The molecule has 6 heterocycles. The zero-order valence-electron chi connectivity index (χ0n) is 32.1. The van der Waals surface area contributed by atoms with Crippen LogP contribution in [0.5, 0.6) is 0 Å². The van der Waals surface area contributed by atoms with E-state index in [-0.39, 0.29) is 27.4 Å². The fourth-order valence-corrected chi connectivity index (χ4v) is 13.5. The van der Waals surface area contributed by atoms with Crippen molar-refractivity contribution < 1.29 is 0 Å². The highest BCUT2D eigenvalue weighted by atomic mass is 32.1. The first-order chi connectivity index (χ1) is 24.0. The van der Waals surface area contributed by atoms with Crippen molar-refractivity contribution in [2.45, 2.75) is 111 Å². The van der Waals surface area contributed by atoms with E-state index < -0.39 is 0 Å². The van der Waals surface area contributed by atoms with Crippen LogP contribution in [0.3, 0.4) is 0 Å². The highest BCUT2D eigenvalue weighted by Gasteiger charge is 2.41. The standard InChI is InChI=1S/C43H50N2O2S4/c1-13-42(9,14-2)33-18-24(6)36(50-33)26-20-30-29(45(12)40(26)47)19-25(39(46)44(30)11)35-23(5)17-31(48-35)32-21-27-37(49-32)38-28(41(27,7)8)22-34(51-38)43(10,15-3)16-4/h17-22H,13-16H2,1-12H3. The van der Waals surface area contributed by atoms with Crippen LogP contribution in [0.4, 0.5) is 0 Å². The molecule has 0 atom stereocenters. The summed E-state index contributed by atoms with van der Waals surface area (Å²) in [5, 5.41) is 0. The van der Waals surface area contributed by atoms with E-state index in [0.717, 1.165) is 57.6 Å². The van der Waals surface area contributed by atoms with Gasteiger partial charge in [-0.3, -0.25) is 9.59 Å². The molecule has 6 aromatic rings. The molecule has 0 amide bonds. The molecule has 6 aromatic heterocycles. The Labute approximate surface area is 318 Å². The Hall–Kier alpha value is -3.04. The average molecular weight is 755 g/mol. The predicted octanol–water partition coefficient (Wildman–Crippen LogP) is 12.6. The molecule has 0 bridgehead atoms. The molecule has 0 fully saturated rings. The van der Waals surface area contributed by atoms with Gasteiger partial charge >= 0.3 is 0 Å². The summed E-state index contributed by atoms with van der Waals surface area (Å²) in [7, 11) is 3.68. The van der Waals surface area contributed by atoms with Crippen LogP contribution in [0.2, 0.25) is 0 Å². The van der Waals surface area contributed by atoms with Crippen molar-refractivity contribution in [3.63, 3.8) is 0 Å². The second kappa shape index (κ2) is 12.5. The third-order valence-corrected chi connectivity index (χ3v) is 18.3. The molecule has 0 saturated heterocycles. The Balaban J connectivity index is 1.31. The van der Waals surface area contributed by atoms with Gasteiger partial charge in [0.2, 0.25) is 0 Å². The maximum absolute atomic E-state index is 14.2. The molecule has 4 nitrogen and oxygen atoms in total. The Kier molecular flexibility index (Phi) is 8.93. The first-order valence-electron chi connectivity index (χ1n) is 18.3. The fourth-order valence-electron chi connectivity index (χ4n) is 7.71. The Morgan fingerprint density at radius 3 is 1.49 bits per heavy atom. The second-order valence-electron chi connectivity index (χ2n) is 15.7. The minimum Gasteiger partial charge on any atom is -0.309 e. The van der Waals surface area contributed by atoms with Crippen LogP contribution >= 0.6 is 45.3 Å². The number of aryl methyl sites for hydroxylation is 4. The van der Waals surface area contributed by atoms with Gasteiger partial charge in [-0.15, -0.1) is 45.3 Å². The van der Waals surface area contributed by atoms with Crippen molar-refractivity contribution in [1.82, 2.24) is 9.13 Å². The van der Waals surface area contributed by atoms with Crippen LogP contribution in [0.25, 0.3) is 51.4 Å². The maximum atomic E-state index is 14.2. The number of pyridine rings is 2. The van der Waals surface area contributed by atoms with E-state index in [1.807, 2.05) is 48.9 Å². The Morgan fingerprint density at radius 2 is 0.961 bits per heavy atom. The molecule has 8 heteroatoms. The zero-order chi connectivity index (χ0) is 36.9. The molecule has 0 aromatic carbocycles. The number of nitrogens with zero attached hydrogens (tertiary/aromatic N) is 2. The molecular formula is C43H50N2O2S4. The van der Waals surface area contributed by atoms with E-state index >= 15 is 0 Å². The van der Waals surface area contributed by atoms with E-state index in [9.17, 15) is 9.59 Å². The highest BCUT2D eigenvalue weighted by molar-refractivity contribution is 7.27.